The summed E-state index contributed by atoms with van der Waals surface area (Å²) in [5.74, 6) is 0.0628. The SMILES string of the molecule is CN(C)C(=O)C1CCCN1C(=O)Cc1cccc2ccccc12. The zero-order valence-corrected chi connectivity index (χ0v) is 13.7. The summed E-state index contributed by atoms with van der Waals surface area (Å²) >= 11 is 0. The van der Waals surface area contributed by atoms with Crippen molar-refractivity contribution in [2.75, 3.05) is 20.6 Å². The van der Waals surface area contributed by atoms with Crippen LogP contribution in [0.2, 0.25) is 0 Å². The van der Waals surface area contributed by atoms with E-state index in [9.17, 15) is 9.59 Å². The van der Waals surface area contributed by atoms with Crippen LogP contribution in [0, 0.1) is 0 Å². The van der Waals surface area contributed by atoms with Crippen molar-refractivity contribution in [3.8, 4) is 0 Å². The van der Waals surface area contributed by atoms with E-state index in [0.717, 1.165) is 29.2 Å². The van der Waals surface area contributed by atoms with Gasteiger partial charge in [0, 0.05) is 20.6 Å². The van der Waals surface area contributed by atoms with Crippen LogP contribution in [-0.2, 0) is 16.0 Å². The molecule has 0 aliphatic carbocycles. The fraction of sp³-hybridized carbons (Fsp3) is 0.368. The molecule has 1 fully saturated rings. The maximum atomic E-state index is 12.8. The molecule has 1 saturated heterocycles. The van der Waals surface area contributed by atoms with E-state index in [1.54, 1.807) is 23.9 Å². The van der Waals surface area contributed by atoms with Gasteiger partial charge < -0.3 is 9.80 Å². The number of fused-ring (bicyclic) bond motifs is 1. The Morgan fingerprint density at radius 3 is 2.65 bits per heavy atom. The zero-order chi connectivity index (χ0) is 16.4. The summed E-state index contributed by atoms with van der Waals surface area (Å²) in [6, 6.07) is 13.8. The minimum absolute atomic E-state index is 0.0220. The van der Waals surface area contributed by atoms with E-state index in [4.69, 9.17) is 0 Å². The number of hydrogen-bond donors (Lipinski definition) is 0. The Kier molecular flexibility index (Phi) is 4.33. The minimum atomic E-state index is -0.299. The molecular formula is C19H22N2O2. The summed E-state index contributed by atoms with van der Waals surface area (Å²) in [6.45, 7) is 0.674. The van der Waals surface area contributed by atoms with Crippen LogP contribution in [0.1, 0.15) is 18.4 Å². The summed E-state index contributed by atoms with van der Waals surface area (Å²) in [5.41, 5.74) is 1.02. The third-order valence-electron chi connectivity index (χ3n) is 4.52. The van der Waals surface area contributed by atoms with Crippen LogP contribution in [-0.4, -0.2) is 48.3 Å². The molecule has 2 aromatic carbocycles. The van der Waals surface area contributed by atoms with Crippen LogP contribution >= 0.6 is 0 Å². The molecule has 0 radical (unpaired) electrons. The van der Waals surface area contributed by atoms with Crippen LogP contribution in [0.5, 0.6) is 0 Å². The number of carbonyl (C=O) groups is 2. The Morgan fingerprint density at radius 1 is 1.13 bits per heavy atom. The Balaban J connectivity index is 1.82. The average molecular weight is 310 g/mol. The number of nitrogens with zero attached hydrogens (tertiary/aromatic N) is 2. The first-order chi connectivity index (χ1) is 11.1. The van der Waals surface area contributed by atoms with Crippen molar-refractivity contribution in [3.05, 3.63) is 48.0 Å². The second kappa shape index (κ2) is 6.41. The Morgan fingerprint density at radius 2 is 1.87 bits per heavy atom. The summed E-state index contributed by atoms with van der Waals surface area (Å²) in [4.78, 5) is 28.3. The highest BCUT2D eigenvalue weighted by molar-refractivity contribution is 5.92. The standard InChI is InChI=1S/C19H22N2O2/c1-20(2)19(23)17-11-6-12-21(17)18(22)13-15-9-5-8-14-7-3-4-10-16(14)15/h3-5,7-10,17H,6,11-13H2,1-2H3. The molecule has 1 aliphatic heterocycles. The maximum Gasteiger partial charge on any atom is 0.244 e. The first-order valence-corrected chi connectivity index (χ1v) is 8.05. The van der Waals surface area contributed by atoms with Gasteiger partial charge in [-0.05, 0) is 29.2 Å². The topological polar surface area (TPSA) is 40.6 Å². The first kappa shape index (κ1) is 15.5. The third-order valence-corrected chi connectivity index (χ3v) is 4.52. The van der Waals surface area contributed by atoms with Crippen LogP contribution in [0.4, 0.5) is 0 Å². The first-order valence-electron chi connectivity index (χ1n) is 8.05. The molecule has 4 heteroatoms. The normalized spacial score (nSPS) is 17.5. The molecular weight excluding hydrogens is 288 g/mol. The number of amides is 2. The van der Waals surface area contributed by atoms with Gasteiger partial charge in [-0.1, -0.05) is 42.5 Å². The van der Waals surface area contributed by atoms with Crippen molar-refractivity contribution < 1.29 is 9.59 Å². The van der Waals surface area contributed by atoms with E-state index in [-0.39, 0.29) is 17.9 Å². The number of likely N-dealkylation sites (tertiary alicyclic amines) is 1. The summed E-state index contributed by atoms with van der Waals surface area (Å²) in [6.07, 6.45) is 2.00. The van der Waals surface area contributed by atoms with Crippen molar-refractivity contribution in [3.63, 3.8) is 0 Å². The molecule has 3 rings (SSSR count). The number of benzene rings is 2. The lowest BCUT2D eigenvalue weighted by molar-refractivity contribution is -0.141. The van der Waals surface area contributed by atoms with Gasteiger partial charge in [0.1, 0.15) is 6.04 Å². The van der Waals surface area contributed by atoms with Crippen molar-refractivity contribution in [1.29, 1.82) is 0 Å². The van der Waals surface area contributed by atoms with E-state index >= 15 is 0 Å². The summed E-state index contributed by atoms with van der Waals surface area (Å²) in [5, 5.41) is 2.25. The van der Waals surface area contributed by atoms with E-state index in [1.807, 2.05) is 30.3 Å². The number of hydrogen-bond acceptors (Lipinski definition) is 2. The van der Waals surface area contributed by atoms with Gasteiger partial charge in [0.05, 0.1) is 6.42 Å². The fourth-order valence-corrected chi connectivity index (χ4v) is 3.33. The number of carbonyl (C=O) groups excluding carboxylic acids is 2. The molecule has 2 amide bonds. The molecule has 120 valence electrons. The Bertz CT molecular complexity index is 734. The lowest BCUT2D eigenvalue weighted by atomic mass is 10.0. The Hall–Kier alpha value is -2.36. The van der Waals surface area contributed by atoms with Crippen LogP contribution in [0.15, 0.2) is 42.5 Å². The predicted molar refractivity (Wildman–Crippen MR) is 91.1 cm³/mol. The number of likely N-dealkylation sites (N-methyl/N-ethyl adjacent to an activating group) is 1. The van der Waals surface area contributed by atoms with E-state index < -0.39 is 0 Å². The summed E-state index contributed by atoms with van der Waals surface area (Å²) in [7, 11) is 3.49. The van der Waals surface area contributed by atoms with Crippen molar-refractivity contribution in [2.24, 2.45) is 0 Å². The lowest BCUT2D eigenvalue weighted by Crippen LogP contribution is -2.46. The average Bonchev–Trinajstić information content (AvgIpc) is 3.04. The van der Waals surface area contributed by atoms with Gasteiger partial charge in [-0.3, -0.25) is 9.59 Å². The molecule has 2 aromatic rings. The molecule has 0 N–H and O–H groups in total. The second-order valence-electron chi connectivity index (χ2n) is 6.29. The molecule has 1 aliphatic rings. The van der Waals surface area contributed by atoms with Gasteiger partial charge in [-0.15, -0.1) is 0 Å². The van der Waals surface area contributed by atoms with Crippen LogP contribution < -0.4 is 0 Å². The van der Waals surface area contributed by atoms with Crippen molar-refractivity contribution >= 4 is 22.6 Å². The molecule has 1 unspecified atom stereocenters. The summed E-state index contributed by atoms with van der Waals surface area (Å²) < 4.78 is 0. The van der Waals surface area contributed by atoms with Crippen molar-refractivity contribution in [2.45, 2.75) is 25.3 Å². The van der Waals surface area contributed by atoms with Gasteiger partial charge in [0.15, 0.2) is 0 Å². The molecule has 1 heterocycles. The molecule has 1 atom stereocenters. The van der Waals surface area contributed by atoms with Gasteiger partial charge in [0.25, 0.3) is 0 Å². The molecule has 4 nitrogen and oxygen atoms in total. The van der Waals surface area contributed by atoms with Crippen LogP contribution in [0.25, 0.3) is 10.8 Å². The van der Waals surface area contributed by atoms with E-state index in [0.29, 0.717) is 13.0 Å². The van der Waals surface area contributed by atoms with Gasteiger partial charge in [0.2, 0.25) is 11.8 Å². The number of rotatable bonds is 3. The molecule has 23 heavy (non-hydrogen) atoms. The highest BCUT2D eigenvalue weighted by Gasteiger charge is 2.34. The second-order valence-corrected chi connectivity index (χ2v) is 6.29. The van der Waals surface area contributed by atoms with E-state index in [2.05, 4.69) is 12.1 Å². The highest BCUT2D eigenvalue weighted by Crippen LogP contribution is 2.23. The van der Waals surface area contributed by atoms with Crippen molar-refractivity contribution in [1.82, 2.24) is 9.80 Å². The monoisotopic (exact) mass is 310 g/mol. The quantitative estimate of drug-likeness (QED) is 0.874. The van der Waals surface area contributed by atoms with Gasteiger partial charge >= 0.3 is 0 Å². The van der Waals surface area contributed by atoms with Gasteiger partial charge in [-0.2, -0.15) is 0 Å². The van der Waals surface area contributed by atoms with E-state index in [1.165, 1.54) is 0 Å². The third kappa shape index (κ3) is 3.07. The van der Waals surface area contributed by atoms with Crippen LogP contribution in [0.3, 0.4) is 0 Å². The minimum Gasteiger partial charge on any atom is -0.347 e. The Labute approximate surface area is 136 Å². The zero-order valence-electron chi connectivity index (χ0n) is 13.7. The predicted octanol–water partition coefficient (Wildman–Crippen LogP) is 2.46. The molecule has 0 bridgehead atoms. The molecule has 0 aromatic heterocycles. The molecule has 0 spiro atoms. The highest BCUT2D eigenvalue weighted by atomic mass is 16.2. The molecule has 0 saturated carbocycles. The van der Waals surface area contributed by atoms with Gasteiger partial charge in [-0.25, -0.2) is 0 Å². The lowest BCUT2D eigenvalue weighted by Gasteiger charge is -2.26. The largest absolute Gasteiger partial charge is 0.347 e. The maximum absolute atomic E-state index is 12.8. The smallest absolute Gasteiger partial charge is 0.244 e. The fourth-order valence-electron chi connectivity index (χ4n) is 3.33.